The molecule has 31 heavy (non-hydrogen) atoms. The highest BCUT2D eigenvalue weighted by Gasteiger charge is 2.22. The van der Waals surface area contributed by atoms with Crippen molar-refractivity contribution < 1.29 is 4.39 Å². The molecule has 3 heterocycles. The Kier molecular flexibility index (Phi) is 6.53. The number of aromatic amines is 1. The number of benzene rings is 1. The molecule has 0 spiro atoms. The van der Waals surface area contributed by atoms with Gasteiger partial charge in [-0.25, -0.2) is 14.4 Å². The van der Waals surface area contributed by atoms with Gasteiger partial charge in [-0.05, 0) is 81.6 Å². The van der Waals surface area contributed by atoms with E-state index < -0.39 is 0 Å². The molecule has 0 radical (unpaired) electrons. The lowest BCUT2D eigenvalue weighted by molar-refractivity contribution is 0.222. The van der Waals surface area contributed by atoms with Crippen molar-refractivity contribution in [1.82, 2.24) is 25.1 Å². The minimum absolute atomic E-state index is 0.290. The molecule has 0 aliphatic carbocycles. The molecule has 1 fully saturated rings. The Bertz CT molecular complexity index is 1060. The van der Waals surface area contributed by atoms with Gasteiger partial charge in [0.15, 0.2) is 0 Å². The second-order valence-electron chi connectivity index (χ2n) is 8.23. The van der Waals surface area contributed by atoms with E-state index in [-0.39, 0.29) is 5.82 Å². The van der Waals surface area contributed by atoms with Gasteiger partial charge in [0.05, 0.1) is 28.3 Å². The number of rotatable bonds is 6. The van der Waals surface area contributed by atoms with Crippen molar-refractivity contribution in [1.29, 1.82) is 0 Å². The van der Waals surface area contributed by atoms with Crippen LogP contribution in [0.4, 0.5) is 16.0 Å². The summed E-state index contributed by atoms with van der Waals surface area (Å²) in [5, 5.41) is 10.6. The molecule has 1 aliphatic rings. The van der Waals surface area contributed by atoms with Crippen molar-refractivity contribution in [3.63, 3.8) is 0 Å². The minimum atomic E-state index is -0.290. The molecule has 1 aromatic carbocycles. The fourth-order valence-electron chi connectivity index (χ4n) is 4.24. The van der Waals surface area contributed by atoms with Gasteiger partial charge in [-0.3, -0.25) is 5.10 Å². The van der Waals surface area contributed by atoms with Crippen LogP contribution >= 0.6 is 11.6 Å². The van der Waals surface area contributed by atoms with Crippen molar-refractivity contribution >= 4 is 23.2 Å². The lowest BCUT2D eigenvalue weighted by atomic mass is 9.86. The monoisotopic (exact) mass is 442 g/mol. The molecule has 3 aromatic rings. The van der Waals surface area contributed by atoms with Crippen LogP contribution in [0.5, 0.6) is 0 Å². The molecular formula is C23H28ClFN6. The number of halogens is 2. The summed E-state index contributed by atoms with van der Waals surface area (Å²) in [5.41, 5.74) is 5.00. The van der Waals surface area contributed by atoms with Crippen LogP contribution in [0.15, 0.2) is 24.4 Å². The van der Waals surface area contributed by atoms with Crippen LogP contribution in [0.25, 0.3) is 0 Å². The summed E-state index contributed by atoms with van der Waals surface area (Å²) in [7, 11) is 0. The highest BCUT2D eigenvalue weighted by molar-refractivity contribution is 6.31. The van der Waals surface area contributed by atoms with Gasteiger partial charge in [0.25, 0.3) is 0 Å². The Morgan fingerprint density at radius 2 is 2.00 bits per heavy atom. The van der Waals surface area contributed by atoms with Gasteiger partial charge in [0, 0.05) is 12.1 Å². The van der Waals surface area contributed by atoms with Crippen molar-refractivity contribution in [2.75, 3.05) is 25.0 Å². The zero-order valence-electron chi connectivity index (χ0n) is 18.2. The topological polar surface area (TPSA) is 69.7 Å². The number of nitrogens with one attached hydrogen (secondary N) is 2. The van der Waals surface area contributed by atoms with E-state index in [4.69, 9.17) is 11.6 Å². The summed E-state index contributed by atoms with van der Waals surface area (Å²) in [6.45, 7) is 9.38. The third-order valence-electron chi connectivity index (χ3n) is 6.00. The van der Waals surface area contributed by atoms with E-state index in [1.165, 1.54) is 6.20 Å². The van der Waals surface area contributed by atoms with Gasteiger partial charge in [-0.2, -0.15) is 5.10 Å². The molecule has 6 nitrogen and oxygen atoms in total. The van der Waals surface area contributed by atoms with Crippen LogP contribution in [-0.2, 0) is 6.42 Å². The second-order valence-corrected chi connectivity index (χ2v) is 8.64. The molecule has 2 aromatic heterocycles. The molecule has 164 valence electrons. The third-order valence-corrected chi connectivity index (χ3v) is 6.32. The van der Waals surface area contributed by atoms with E-state index in [9.17, 15) is 4.39 Å². The summed E-state index contributed by atoms with van der Waals surface area (Å²) in [6.07, 6.45) is 4.14. The molecule has 4 rings (SSSR count). The van der Waals surface area contributed by atoms with Crippen molar-refractivity contribution in [2.24, 2.45) is 0 Å². The number of likely N-dealkylation sites (tertiary alicyclic amines) is 1. The number of anilines is 2. The fraction of sp³-hybridized carbons (Fsp3) is 0.435. The predicted octanol–water partition coefficient (Wildman–Crippen LogP) is 5.14. The largest absolute Gasteiger partial charge is 0.322 e. The number of hydrogen-bond acceptors (Lipinski definition) is 5. The molecule has 0 atom stereocenters. The molecule has 0 unspecified atom stereocenters. The van der Waals surface area contributed by atoms with Gasteiger partial charge >= 0.3 is 0 Å². The van der Waals surface area contributed by atoms with Crippen molar-refractivity contribution in [2.45, 2.75) is 46.0 Å². The first-order valence-corrected chi connectivity index (χ1v) is 11.1. The van der Waals surface area contributed by atoms with E-state index in [2.05, 4.69) is 37.3 Å². The van der Waals surface area contributed by atoms with Gasteiger partial charge in [0.1, 0.15) is 5.82 Å². The standard InChI is InChI=1S/C23H28ClFN6/c1-4-31-7-5-16(6-8-31)18-12-20(25)22(9-14(18)2)28-23-26-13-19(24)21(27-23)11-17-10-15(3)29-30-17/h9-10,12-13,16H,4-8,11H2,1-3H3,(H,29,30)(H,26,27,28). The normalized spacial score (nSPS) is 15.4. The Hall–Kier alpha value is -2.51. The third kappa shape index (κ3) is 5.05. The van der Waals surface area contributed by atoms with Gasteiger partial charge in [0.2, 0.25) is 5.95 Å². The summed E-state index contributed by atoms with van der Waals surface area (Å²) < 4.78 is 15.0. The summed E-state index contributed by atoms with van der Waals surface area (Å²) in [6, 6.07) is 5.47. The predicted molar refractivity (Wildman–Crippen MR) is 122 cm³/mol. The van der Waals surface area contributed by atoms with E-state index in [0.29, 0.717) is 34.7 Å². The van der Waals surface area contributed by atoms with Crippen LogP contribution in [0.1, 0.15) is 53.9 Å². The van der Waals surface area contributed by atoms with Crippen molar-refractivity contribution in [3.05, 3.63) is 63.4 Å². The Morgan fingerprint density at radius 1 is 1.23 bits per heavy atom. The first-order valence-electron chi connectivity index (χ1n) is 10.7. The summed E-state index contributed by atoms with van der Waals surface area (Å²) in [5.74, 6) is 0.428. The average Bonchev–Trinajstić information content (AvgIpc) is 3.17. The molecule has 0 amide bonds. The highest BCUT2D eigenvalue weighted by atomic mass is 35.5. The lowest BCUT2D eigenvalue weighted by Gasteiger charge is -2.32. The average molecular weight is 443 g/mol. The van der Waals surface area contributed by atoms with E-state index >= 15 is 0 Å². The van der Waals surface area contributed by atoms with Crippen molar-refractivity contribution in [3.8, 4) is 0 Å². The second kappa shape index (κ2) is 9.32. The SMILES string of the molecule is CCN1CCC(c2cc(F)c(Nc3ncc(Cl)c(Cc4cc(C)[nH]n4)n3)cc2C)CC1. The lowest BCUT2D eigenvalue weighted by Crippen LogP contribution is -2.32. The van der Waals surface area contributed by atoms with E-state index in [1.807, 2.05) is 26.0 Å². The molecule has 1 saturated heterocycles. The Balaban J connectivity index is 1.51. The molecular weight excluding hydrogens is 415 g/mol. The number of nitrogens with zero attached hydrogens (tertiary/aromatic N) is 4. The Morgan fingerprint density at radius 3 is 2.68 bits per heavy atom. The first kappa shape index (κ1) is 21.7. The Labute approximate surface area is 187 Å². The zero-order chi connectivity index (χ0) is 22.0. The highest BCUT2D eigenvalue weighted by Crippen LogP contribution is 2.33. The molecule has 2 N–H and O–H groups in total. The number of hydrogen-bond donors (Lipinski definition) is 2. The van der Waals surface area contributed by atoms with Crippen LogP contribution in [0.2, 0.25) is 5.02 Å². The summed E-state index contributed by atoms with van der Waals surface area (Å²) >= 11 is 6.27. The summed E-state index contributed by atoms with van der Waals surface area (Å²) in [4.78, 5) is 11.2. The molecule has 8 heteroatoms. The van der Waals surface area contributed by atoms with Gasteiger partial charge in [-0.15, -0.1) is 0 Å². The molecule has 0 bridgehead atoms. The first-order chi connectivity index (χ1) is 14.9. The van der Waals surface area contributed by atoms with Gasteiger partial charge < -0.3 is 10.2 Å². The number of aromatic nitrogens is 4. The van der Waals surface area contributed by atoms with E-state index in [0.717, 1.165) is 55.0 Å². The van der Waals surface area contributed by atoms with Crippen LogP contribution in [-0.4, -0.2) is 44.7 Å². The maximum atomic E-state index is 15.0. The van der Waals surface area contributed by atoms with Crippen LogP contribution in [0, 0.1) is 19.7 Å². The van der Waals surface area contributed by atoms with Crippen LogP contribution < -0.4 is 5.32 Å². The number of H-pyrrole nitrogens is 1. The number of aryl methyl sites for hydroxylation is 2. The maximum absolute atomic E-state index is 15.0. The maximum Gasteiger partial charge on any atom is 0.227 e. The fourth-order valence-corrected chi connectivity index (χ4v) is 4.39. The molecule has 0 saturated carbocycles. The minimum Gasteiger partial charge on any atom is -0.322 e. The van der Waals surface area contributed by atoms with E-state index in [1.54, 1.807) is 6.07 Å². The molecule has 1 aliphatic heterocycles. The smallest absolute Gasteiger partial charge is 0.227 e. The number of piperidine rings is 1. The zero-order valence-corrected chi connectivity index (χ0v) is 18.9. The van der Waals surface area contributed by atoms with Crippen LogP contribution in [0.3, 0.4) is 0 Å². The van der Waals surface area contributed by atoms with Gasteiger partial charge in [-0.1, -0.05) is 18.5 Å². The quantitative estimate of drug-likeness (QED) is 0.553.